The third-order valence-electron chi connectivity index (χ3n) is 5.14. The fourth-order valence-corrected chi connectivity index (χ4v) is 3.61. The summed E-state index contributed by atoms with van der Waals surface area (Å²) < 4.78 is 12.0. The van der Waals surface area contributed by atoms with Gasteiger partial charge in [0.25, 0.3) is 0 Å². The number of ether oxygens (including phenoxy) is 2. The largest absolute Gasteiger partial charge is 0.348 e. The molecule has 1 fully saturated rings. The topological polar surface area (TPSA) is 18.5 Å². The molecule has 0 saturated carbocycles. The fourth-order valence-electron chi connectivity index (χ4n) is 3.61. The van der Waals surface area contributed by atoms with Gasteiger partial charge in [-0.1, -0.05) is 90.9 Å². The first-order valence-electron chi connectivity index (χ1n) is 10.6. The van der Waals surface area contributed by atoms with Gasteiger partial charge in [-0.15, -0.1) is 0 Å². The minimum Gasteiger partial charge on any atom is -0.348 e. The summed E-state index contributed by atoms with van der Waals surface area (Å²) in [6.45, 7) is 6.15. The Bertz CT molecular complexity index is 246. The van der Waals surface area contributed by atoms with E-state index in [1.165, 1.54) is 89.9 Å². The summed E-state index contributed by atoms with van der Waals surface area (Å²) in [6, 6.07) is 0. The van der Waals surface area contributed by atoms with Crippen LogP contribution in [0.3, 0.4) is 0 Å². The van der Waals surface area contributed by atoms with Crippen LogP contribution in [0.5, 0.6) is 0 Å². The molecule has 0 aromatic carbocycles. The quantitative estimate of drug-likeness (QED) is 0.284. The molecule has 0 radical (unpaired) electrons. The van der Waals surface area contributed by atoms with Gasteiger partial charge in [-0.3, -0.25) is 0 Å². The van der Waals surface area contributed by atoms with Crippen molar-refractivity contribution in [3.05, 3.63) is 0 Å². The second-order valence-corrected chi connectivity index (χ2v) is 7.35. The van der Waals surface area contributed by atoms with Crippen molar-refractivity contribution in [3.8, 4) is 0 Å². The van der Waals surface area contributed by atoms with Gasteiger partial charge in [-0.05, 0) is 12.8 Å². The van der Waals surface area contributed by atoms with E-state index in [2.05, 4.69) is 13.8 Å². The third-order valence-corrected chi connectivity index (χ3v) is 5.14. The van der Waals surface area contributed by atoms with Crippen molar-refractivity contribution in [2.24, 2.45) is 0 Å². The van der Waals surface area contributed by atoms with Crippen LogP contribution in [-0.4, -0.2) is 19.0 Å². The second-order valence-electron chi connectivity index (χ2n) is 7.35. The monoisotopic (exact) mass is 326 g/mol. The Morgan fingerprint density at radius 1 is 0.522 bits per heavy atom. The van der Waals surface area contributed by atoms with Crippen LogP contribution in [0.2, 0.25) is 0 Å². The van der Waals surface area contributed by atoms with Crippen LogP contribution in [-0.2, 0) is 9.47 Å². The normalized spacial score (nSPS) is 17.0. The Balaban J connectivity index is 1.98. The number of unbranched alkanes of at least 4 members (excludes halogenated alkanes) is 12. The Kier molecular flexibility index (Phi) is 13.0. The highest BCUT2D eigenvalue weighted by atomic mass is 16.7. The average Bonchev–Trinajstić information content (AvgIpc) is 3.02. The molecule has 1 heterocycles. The molecule has 0 aliphatic carbocycles. The van der Waals surface area contributed by atoms with Crippen LogP contribution in [0.15, 0.2) is 0 Å². The first-order valence-corrected chi connectivity index (χ1v) is 10.6. The van der Waals surface area contributed by atoms with Crippen molar-refractivity contribution in [1.29, 1.82) is 0 Å². The molecule has 0 atom stereocenters. The maximum Gasteiger partial charge on any atom is 0.168 e. The van der Waals surface area contributed by atoms with Crippen molar-refractivity contribution in [1.82, 2.24) is 0 Å². The molecule has 0 spiro atoms. The maximum atomic E-state index is 5.98. The molecule has 23 heavy (non-hydrogen) atoms. The zero-order valence-electron chi connectivity index (χ0n) is 16.0. The van der Waals surface area contributed by atoms with Crippen LogP contribution in [0.25, 0.3) is 0 Å². The molecule has 0 amide bonds. The van der Waals surface area contributed by atoms with Gasteiger partial charge in [0.05, 0.1) is 13.2 Å². The first-order chi connectivity index (χ1) is 11.3. The summed E-state index contributed by atoms with van der Waals surface area (Å²) in [7, 11) is 0. The van der Waals surface area contributed by atoms with E-state index in [0.717, 1.165) is 26.1 Å². The summed E-state index contributed by atoms with van der Waals surface area (Å²) in [4.78, 5) is 0. The van der Waals surface area contributed by atoms with Gasteiger partial charge in [0.15, 0.2) is 5.79 Å². The molecule has 0 unspecified atom stereocenters. The van der Waals surface area contributed by atoms with Gasteiger partial charge in [0.2, 0.25) is 0 Å². The molecule has 1 saturated heterocycles. The standard InChI is InChI=1S/C21H42O2/c1-3-5-7-9-10-11-12-13-14-16-18-21(22-19-20-23-21)17-15-8-6-4-2/h3-20H2,1-2H3. The summed E-state index contributed by atoms with van der Waals surface area (Å²) in [5.74, 6) is -0.214. The Hall–Kier alpha value is -0.0800. The first kappa shape index (κ1) is 21.0. The van der Waals surface area contributed by atoms with Gasteiger partial charge in [-0.2, -0.15) is 0 Å². The molecule has 1 aliphatic rings. The molecule has 2 nitrogen and oxygen atoms in total. The molecular weight excluding hydrogens is 284 g/mol. The van der Waals surface area contributed by atoms with E-state index >= 15 is 0 Å². The lowest BCUT2D eigenvalue weighted by atomic mass is 9.99. The van der Waals surface area contributed by atoms with E-state index in [0.29, 0.717) is 0 Å². The molecular formula is C21H42O2. The fraction of sp³-hybridized carbons (Fsp3) is 1.00. The minimum atomic E-state index is -0.214. The van der Waals surface area contributed by atoms with Crippen molar-refractivity contribution in [2.75, 3.05) is 13.2 Å². The van der Waals surface area contributed by atoms with Gasteiger partial charge in [-0.25, -0.2) is 0 Å². The Morgan fingerprint density at radius 3 is 1.30 bits per heavy atom. The number of hydrogen-bond donors (Lipinski definition) is 0. The van der Waals surface area contributed by atoms with E-state index < -0.39 is 0 Å². The SMILES string of the molecule is CCCCCCCCCCCCC1(CCCCCC)OCCO1. The molecule has 138 valence electrons. The van der Waals surface area contributed by atoms with E-state index in [4.69, 9.17) is 9.47 Å². The molecule has 0 bridgehead atoms. The molecule has 2 heteroatoms. The van der Waals surface area contributed by atoms with Crippen LogP contribution in [0.4, 0.5) is 0 Å². The zero-order valence-corrected chi connectivity index (χ0v) is 16.0. The lowest BCUT2D eigenvalue weighted by molar-refractivity contribution is -0.168. The highest BCUT2D eigenvalue weighted by Crippen LogP contribution is 2.31. The highest BCUT2D eigenvalue weighted by molar-refractivity contribution is 4.74. The van der Waals surface area contributed by atoms with Crippen LogP contribution in [0.1, 0.15) is 117 Å². The molecule has 1 aliphatic heterocycles. The molecule has 0 aromatic heterocycles. The molecule has 0 N–H and O–H groups in total. The Labute approximate surface area is 145 Å². The summed E-state index contributed by atoms with van der Waals surface area (Å²) in [5.41, 5.74) is 0. The molecule has 1 rings (SSSR count). The summed E-state index contributed by atoms with van der Waals surface area (Å²) >= 11 is 0. The smallest absolute Gasteiger partial charge is 0.168 e. The van der Waals surface area contributed by atoms with Gasteiger partial charge in [0, 0.05) is 12.8 Å². The average molecular weight is 327 g/mol. The van der Waals surface area contributed by atoms with E-state index in [-0.39, 0.29) is 5.79 Å². The predicted molar refractivity (Wildman–Crippen MR) is 99.9 cm³/mol. The summed E-state index contributed by atoms with van der Waals surface area (Å²) in [6.07, 6.45) is 21.4. The predicted octanol–water partition coefficient (Wildman–Crippen LogP) is 7.01. The van der Waals surface area contributed by atoms with Crippen molar-refractivity contribution >= 4 is 0 Å². The lowest BCUT2D eigenvalue weighted by Crippen LogP contribution is -2.30. The van der Waals surface area contributed by atoms with E-state index in [1.807, 2.05) is 0 Å². The number of hydrogen-bond acceptors (Lipinski definition) is 2. The van der Waals surface area contributed by atoms with Crippen molar-refractivity contribution in [3.63, 3.8) is 0 Å². The second kappa shape index (κ2) is 14.3. The van der Waals surface area contributed by atoms with Crippen molar-refractivity contribution in [2.45, 2.75) is 122 Å². The van der Waals surface area contributed by atoms with Crippen LogP contribution >= 0.6 is 0 Å². The minimum absolute atomic E-state index is 0.214. The maximum absolute atomic E-state index is 5.98. The van der Waals surface area contributed by atoms with E-state index in [1.54, 1.807) is 0 Å². The van der Waals surface area contributed by atoms with Gasteiger partial charge >= 0.3 is 0 Å². The third kappa shape index (κ3) is 10.4. The van der Waals surface area contributed by atoms with Crippen molar-refractivity contribution < 1.29 is 9.47 Å². The lowest BCUT2D eigenvalue weighted by Gasteiger charge is -2.27. The molecule has 0 aromatic rings. The summed E-state index contributed by atoms with van der Waals surface area (Å²) in [5, 5.41) is 0. The van der Waals surface area contributed by atoms with Crippen LogP contribution in [0, 0.1) is 0 Å². The number of rotatable bonds is 16. The zero-order chi connectivity index (χ0) is 16.6. The highest BCUT2D eigenvalue weighted by Gasteiger charge is 2.34. The van der Waals surface area contributed by atoms with Crippen LogP contribution < -0.4 is 0 Å². The Morgan fingerprint density at radius 2 is 0.870 bits per heavy atom. The van der Waals surface area contributed by atoms with Gasteiger partial charge in [0.1, 0.15) is 0 Å². The van der Waals surface area contributed by atoms with Gasteiger partial charge < -0.3 is 9.47 Å². The van der Waals surface area contributed by atoms with E-state index in [9.17, 15) is 0 Å².